The van der Waals surface area contributed by atoms with Crippen molar-refractivity contribution in [1.29, 1.82) is 0 Å². The highest BCUT2D eigenvalue weighted by atomic mass is 16.5. The van der Waals surface area contributed by atoms with Gasteiger partial charge in [-0.05, 0) is 50.3 Å². The van der Waals surface area contributed by atoms with E-state index in [9.17, 15) is 9.59 Å². The van der Waals surface area contributed by atoms with E-state index in [1.165, 1.54) is 0 Å². The second-order valence-electron chi connectivity index (χ2n) is 9.17. The molecule has 2 heterocycles. The van der Waals surface area contributed by atoms with Crippen molar-refractivity contribution in [3.63, 3.8) is 0 Å². The zero-order valence-electron chi connectivity index (χ0n) is 19.4. The van der Waals surface area contributed by atoms with E-state index in [2.05, 4.69) is 6.92 Å². The largest absolute Gasteiger partial charge is 0.497 e. The molecule has 0 N–H and O–H groups in total. The molecule has 1 atom stereocenters. The molecule has 1 aliphatic carbocycles. The van der Waals surface area contributed by atoms with Gasteiger partial charge in [-0.25, -0.2) is 0 Å². The Morgan fingerprint density at radius 1 is 1.00 bits per heavy atom. The van der Waals surface area contributed by atoms with E-state index >= 15 is 0 Å². The van der Waals surface area contributed by atoms with Gasteiger partial charge in [-0.2, -0.15) is 0 Å². The summed E-state index contributed by atoms with van der Waals surface area (Å²) in [7, 11) is 1.60. The number of carbonyl (C=O) groups excluding carboxylic acids is 2. The van der Waals surface area contributed by atoms with Crippen LogP contribution in [0.1, 0.15) is 62.2 Å². The normalized spacial score (nSPS) is 22.0. The van der Waals surface area contributed by atoms with E-state index in [0.29, 0.717) is 29.5 Å². The lowest BCUT2D eigenvalue weighted by Crippen LogP contribution is -2.44. The van der Waals surface area contributed by atoms with Crippen LogP contribution in [0.15, 0.2) is 18.2 Å². The molecule has 7 nitrogen and oxygen atoms in total. The van der Waals surface area contributed by atoms with Crippen LogP contribution in [-0.4, -0.2) is 73.7 Å². The number of methoxy groups -OCH3 is 1. The molecular formula is C25H36N2O5. The minimum Gasteiger partial charge on any atom is -0.497 e. The first-order chi connectivity index (χ1) is 15.6. The Hall–Kier alpha value is -2.28. The van der Waals surface area contributed by atoms with E-state index < -0.39 is 0 Å². The summed E-state index contributed by atoms with van der Waals surface area (Å²) in [5.41, 5.74) is 0.539. The smallest absolute Gasteiger partial charge is 0.257 e. The third-order valence-corrected chi connectivity index (χ3v) is 6.61. The molecule has 2 aliphatic heterocycles. The van der Waals surface area contributed by atoms with Crippen LogP contribution in [0, 0.1) is 5.92 Å². The predicted octanol–water partition coefficient (Wildman–Crippen LogP) is 3.51. The van der Waals surface area contributed by atoms with Gasteiger partial charge in [-0.15, -0.1) is 0 Å². The molecule has 2 saturated heterocycles. The van der Waals surface area contributed by atoms with Crippen LogP contribution in [0.3, 0.4) is 0 Å². The molecule has 32 heavy (non-hydrogen) atoms. The lowest BCUT2D eigenvalue weighted by atomic mass is 10.0. The van der Waals surface area contributed by atoms with Crippen molar-refractivity contribution in [1.82, 2.24) is 9.80 Å². The van der Waals surface area contributed by atoms with E-state index in [1.54, 1.807) is 13.2 Å². The van der Waals surface area contributed by atoms with Gasteiger partial charge in [-0.1, -0.05) is 6.92 Å². The molecule has 4 rings (SSSR count). The first-order valence-electron chi connectivity index (χ1n) is 12.1. The van der Waals surface area contributed by atoms with Crippen LogP contribution in [0.4, 0.5) is 0 Å². The van der Waals surface area contributed by atoms with Crippen LogP contribution in [0.25, 0.3) is 0 Å². The standard InChI is InChI=1S/C25H36N2O5/c1-3-15-31-21-5-4-12-27(17-21)25(29)22-16-20(30-2)8-9-23(22)32-19-10-13-26(14-11-19)24(28)18-6-7-18/h8-9,16,18-19,21H,3-7,10-15,17H2,1-2H3/t21-/m1/s1. The van der Waals surface area contributed by atoms with Gasteiger partial charge in [0.2, 0.25) is 5.91 Å². The zero-order valence-corrected chi connectivity index (χ0v) is 19.4. The molecule has 0 radical (unpaired) electrons. The summed E-state index contributed by atoms with van der Waals surface area (Å²) in [5, 5.41) is 0. The molecule has 0 spiro atoms. The van der Waals surface area contributed by atoms with Gasteiger partial charge < -0.3 is 24.0 Å². The molecule has 1 aromatic rings. The highest BCUT2D eigenvalue weighted by Gasteiger charge is 2.35. The maximum absolute atomic E-state index is 13.5. The molecule has 0 aromatic heterocycles. The Bertz CT molecular complexity index is 802. The van der Waals surface area contributed by atoms with Crippen molar-refractivity contribution < 1.29 is 23.8 Å². The fraction of sp³-hybridized carbons (Fsp3) is 0.680. The molecule has 0 unspecified atom stereocenters. The number of benzene rings is 1. The van der Waals surface area contributed by atoms with Crippen LogP contribution < -0.4 is 9.47 Å². The average Bonchev–Trinajstić information content (AvgIpc) is 3.68. The van der Waals surface area contributed by atoms with Gasteiger partial charge in [0.05, 0.1) is 18.8 Å². The number of hydrogen-bond acceptors (Lipinski definition) is 5. The highest BCUT2D eigenvalue weighted by Crippen LogP contribution is 2.33. The Morgan fingerprint density at radius 3 is 2.47 bits per heavy atom. The summed E-state index contributed by atoms with van der Waals surface area (Å²) in [5.74, 6) is 1.76. The molecule has 2 amide bonds. The second kappa shape index (κ2) is 10.6. The summed E-state index contributed by atoms with van der Waals surface area (Å²) in [6, 6.07) is 5.45. The van der Waals surface area contributed by atoms with Gasteiger partial charge in [0.1, 0.15) is 17.6 Å². The molecular weight excluding hydrogens is 408 g/mol. The van der Waals surface area contributed by atoms with E-state index in [0.717, 1.165) is 71.2 Å². The molecule has 0 bridgehead atoms. The second-order valence-corrected chi connectivity index (χ2v) is 9.17. The van der Waals surface area contributed by atoms with Crippen LogP contribution in [-0.2, 0) is 9.53 Å². The summed E-state index contributed by atoms with van der Waals surface area (Å²) >= 11 is 0. The quantitative estimate of drug-likeness (QED) is 0.614. The van der Waals surface area contributed by atoms with Crippen molar-refractivity contribution >= 4 is 11.8 Å². The summed E-state index contributed by atoms with van der Waals surface area (Å²) in [6.45, 7) is 5.60. The van der Waals surface area contributed by atoms with E-state index in [1.807, 2.05) is 21.9 Å². The first kappa shape index (κ1) is 22.9. The first-order valence-corrected chi connectivity index (χ1v) is 12.1. The van der Waals surface area contributed by atoms with Gasteiger partial charge in [0, 0.05) is 51.5 Å². The monoisotopic (exact) mass is 444 g/mol. The lowest BCUT2D eigenvalue weighted by Gasteiger charge is -2.34. The number of rotatable bonds is 8. The van der Waals surface area contributed by atoms with Crippen LogP contribution in [0.5, 0.6) is 11.5 Å². The number of amides is 2. The summed E-state index contributed by atoms with van der Waals surface area (Å²) < 4.78 is 17.6. The molecule has 7 heteroatoms. The van der Waals surface area contributed by atoms with E-state index in [-0.39, 0.29) is 24.0 Å². The van der Waals surface area contributed by atoms with Crippen LogP contribution in [0.2, 0.25) is 0 Å². The van der Waals surface area contributed by atoms with Gasteiger partial charge in [-0.3, -0.25) is 9.59 Å². The van der Waals surface area contributed by atoms with Crippen molar-refractivity contribution in [2.75, 3.05) is 39.9 Å². The number of likely N-dealkylation sites (tertiary alicyclic amines) is 2. The zero-order chi connectivity index (χ0) is 22.5. The summed E-state index contributed by atoms with van der Waals surface area (Å²) in [6.07, 6.45) is 6.64. The Labute approximate surface area is 191 Å². The molecule has 3 fully saturated rings. The van der Waals surface area contributed by atoms with Gasteiger partial charge in [0.15, 0.2) is 0 Å². The van der Waals surface area contributed by atoms with Crippen molar-refractivity contribution in [2.45, 2.75) is 64.1 Å². The SMILES string of the molecule is CCCO[C@@H]1CCCN(C(=O)c2cc(OC)ccc2OC2CCN(C(=O)C3CC3)CC2)C1. The number of ether oxygens (including phenoxy) is 3. The Balaban J connectivity index is 1.42. The van der Waals surface area contributed by atoms with Crippen molar-refractivity contribution in [3.8, 4) is 11.5 Å². The lowest BCUT2D eigenvalue weighted by molar-refractivity contribution is -0.134. The van der Waals surface area contributed by atoms with Gasteiger partial charge >= 0.3 is 0 Å². The molecule has 176 valence electrons. The number of hydrogen-bond donors (Lipinski definition) is 0. The average molecular weight is 445 g/mol. The number of carbonyl (C=O) groups is 2. The molecule has 1 aromatic carbocycles. The fourth-order valence-corrected chi connectivity index (χ4v) is 4.58. The van der Waals surface area contributed by atoms with Crippen LogP contribution >= 0.6 is 0 Å². The minimum absolute atomic E-state index is 0.000176. The number of nitrogens with zero attached hydrogens (tertiary/aromatic N) is 2. The Kier molecular flexibility index (Phi) is 7.55. The molecule has 1 saturated carbocycles. The minimum atomic E-state index is -0.0370. The topological polar surface area (TPSA) is 68.3 Å². The fourth-order valence-electron chi connectivity index (χ4n) is 4.58. The van der Waals surface area contributed by atoms with E-state index in [4.69, 9.17) is 14.2 Å². The third-order valence-electron chi connectivity index (χ3n) is 6.61. The maximum atomic E-state index is 13.5. The molecule has 3 aliphatic rings. The maximum Gasteiger partial charge on any atom is 0.257 e. The van der Waals surface area contributed by atoms with Crippen molar-refractivity contribution in [3.05, 3.63) is 23.8 Å². The highest BCUT2D eigenvalue weighted by molar-refractivity contribution is 5.97. The Morgan fingerprint density at radius 2 is 1.78 bits per heavy atom. The summed E-state index contributed by atoms with van der Waals surface area (Å²) in [4.78, 5) is 29.6. The predicted molar refractivity (Wildman–Crippen MR) is 121 cm³/mol. The van der Waals surface area contributed by atoms with Crippen molar-refractivity contribution in [2.24, 2.45) is 5.92 Å². The van der Waals surface area contributed by atoms with Gasteiger partial charge in [0.25, 0.3) is 5.91 Å². The number of piperidine rings is 2. The third kappa shape index (κ3) is 5.55.